The topological polar surface area (TPSA) is 78.5 Å². The molecular weight excluding hydrogens is 188 g/mol. The van der Waals surface area contributed by atoms with Crippen LogP contribution in [0.5, 0.6) is 0 Å². The molecule has 0 aliphatic heterocycles. The zero-order valence-electron chi connectivity index (χ0n) is 8.28. The van der Waals surface area contributed by atoms with E-state index in [2.05, 4.69) is 16.0 Å². The highest BCUT2D eigenvalue weighted by Gasteiger charge is 2.13. The molecule has 0 saturated carbocycles. The molecule has 4 nitrogen and oxygen atoms in total. The maximum Gasteiger partial charge on any atom is 0.119 e. The van der Waals surface area contributed by atoms with Crippen molar-refractivity contribution in [3.05, 3.63) is 35.5 Å². The molecule has 0 bridgehead atoms. The number of nitriles is 1. The van der Waals surface area contributed by atoms with Gasteiger partial charge in [0, 0.05) is 6.20 Å². The number of nitrogens with one attached hydrogen (secondary N) is 1. The van der Waals surface area contributed by atoms with Gasteiger partial charge in [-0.1, -0.05) is 6.07 Å². The molecular formula is C11H10N4. The zero-order valence-corrected chi connectivity index (χ0v) is 8.28. The largest absolute Gasteiger partial charge is 0.384 e. The van der Waals surface area contributed by atoms with Gasteiger partial charge >= 0.3 is 0 Å². The second kappa shape index (κ2) is 3.46. The third kappa shape index (κ3) is 1.44. The van der Waals surface area contributed by atoms with Gasteiger partial charge < -0.3 is 10.7 Å². The molecule has 74 valence electrons. The Morgan fingerprint density at radius 2 is 2.27 bits per heavy atom. The minimum atomic E-state index is 0.399. The van der Waals surface area contributed by atoms with Crippen molar-refractivity contribution in [3.8, 4) is 17.5 Å². The van der Waals surface area contributed by atoms with Gasteiger partial charge in [0.25, 0.3) is 0 Å². The van der Waals surface area contributed by atoms with Crippen LogP contribution in [0.4, 0.5) is 5.82 Å². The molecule has 2 aromatic heterocycles. The predicted octanol–water partition coefficient (Wildman–Crippen LogP) is 1.84. The Balaban J connectivity index is 2.62. The summed E-state index contributed by atoms with van der Waals surface area (Å²) in [5.74, 6) is 0.399. The Hall–Kier alpha value is -2.28. The summed E-state index contributed by atoms with van der Waals surface area (Å²) in [5, 5.41) is 8.89. The molecule has 0 unspecified atom stereocenters. The lowest BCUT2D eigenvalue weighted by molar-refractivity contribution is 1.27. The molecule has 0 spiro atoms. The normalized spacial score (nSPS) is 9.87. The van der Waals surface area contributed by atoms with Crippen molar-refractivity contribution in [3.63, 3.8) is 0 Å². The van der Waals surface area contributed by atoms with Gasteiger partial charge in [0.15, 0.2) is 0 Å². The Bertz CT molecular complexity index is 520. The first-order valence-electron chi connectivity index (χ1n) is 4.53. The molecule has 2 rings (SSSR count). The Labute approximate surface area is 87.4 Å². The van der Waals surface area contributed by atoms with Crippen LogP contribution in [0.2, 0.25) is 0 Å². The highest BCUT2D eigenvalue weighted by molar-refractivity contribution is 5.70. The van der Waals surface area contributed by atoms with E-state index in [4.69, 9.17) is 11.0 Å². The highest BCUT2D eigenvalue weighted by atomic mass is 14.9. The molecule has 0 aliphatic carbocycles. The summed E-state index contributed by atoms with van der Waals surface area (Å²) in [6.07, 6.45) is 1.71. The third-order valence-corrected chi connectivity index (χ3v) is 2.31. The lowest BCUT2D eigenvalue weighted by Gasteiger charge is -1.97. The predicted molar refractivity (Wildman–Crippen MR) is 57.9 cm³/mol. The van der Waals surface area contributed by atoms with Crippen LogP contribution in [0.1, 0.15) is 11.1 Å². The van der Waals surface area contributed by atoms with Crippen LogP contribution < -0.4 is 5.73 Å². The van der Waals surface area contributed by atoms with Gasteiger partial charge in [0.2, 0.25) is 0 Å². The van der Waals surface area contributed by atoms with Crippen LogP contribution in [-0.2, 0) is 0 Å². The summed E-state index contributed by atoms with van der Waals surface area (Å²) in [4.78, 5) is 7.18. The first kappa shape index (κ1) is 9.28. The monoisotopic (exact) mass is 198 g/mol. The molecule has 0 amide bonds. The van der Waals surface area contributed by atoms with Crippen LogP contribution >= 0.6 is 0 Å². The molecule has 0 atom stereocenters. The van der Waals surface area contributed by atoms with Crippen LogP contribution in [0.3, 0.4) is 0 Å². The lowest BCUT2D eigenvalue weighted by atomic mass is 10.1. The number of hydrogen-bond donors (Lipinski definition) is 2. The van der Waals surface area contributed by atoms with Gasteiger partial charge in [0.1, 0.15) is 11.9 Å². The molecule has 0 radical (unpaired) electrons. The zero-order chi connectivity index (χ0) is 10.8. The second-order valence-corrected chi connectivity index (χ2v) is 3.24. The van der Waals surface area contributed by atoms with Crippen LogP contribution in [0, 0.1) is 18.3 Å². The molecule has 4 heteroatoms. The third-order valence-electron chi connectivity index (χ3n) is 2.31. The number of aromatic nitrogens is 2. The van der Waals surface area contributed by atoms with Crippen LogP contribution in [-0.4, -0.2) is 9.97 Å². The molecule has 2 heterocycles. The van der Waals surface area contributed by atoms with E-state index in [1.54, 1.807) is 6.20 Å². The van der Waals surface area contributed by atoms with Crippen molar-refractivity contribution in [2.75, 3.05) is 5.73 Å². The van der Waals surface area contributed by atoms with E-state index in [1.165, 1.54) is 0 Å². The minimum absolute atomic E-state index is 0.399. The lowest BCUT2D eigenvalue weighted by Crippen LogP contribution is -1.87. The van der Waals surface area contributed by atoms with Crippen molar-refractivity contribution in [2.45, 2.75) is 6.92 Å². The molecule has 2 aromatic rings. The van der Waals surface area contributed by atoms with Crippen LogP contribution in [0.25, 0.3) is 11.4 Å². The number of nitrogen functional groups attached to an aromatic ring is 1. The maximum atomic E-state index is 8.89. The fourth-order valence-electron chi connectivity index (χ4n) is 1.53. The number of H-pyrrole nitrogens is 1. The van der Waals surface area contributed by atoms with Crippen molar-refractivity contribution in [1.29, 1.82) is 5.26 Å². The summed E-state index contributed by atoms with van der Waals surface area (Å²) in [7, 11) is 0. The van der Waals surface area contributed by atoms with Gasteiger partial charge in [-0.15, -0.1) is 0 Å². The number of pyridine rings is 1. The van der Waals surface area contributed by atoms with E-state index in [0.29, 0.717) is 11.4 Å². The molecule has 3 N–H and O–H groups in total. The molecule has 15 heavy (non-hydrogen) atoms. The molecule has 0 aliphatic rings. The van der Waals surface area contributed by atoms with Gasteiger partial charge in [-0.05, 0) is 24.6 Å². The number of hydrogen-bond acceptors (Lipinski definition) is 3. The van der Waals surface area contributed by atoms with Crippen molar-refractivity contribution in [2.24, 2.45) is 0 Å². The fourth-order valence-corrected chi connectivity index (χ4v) is 1.53. The van der Waals surface area contributed by atoms with Crippen molar-refractivity contribution >= 4 is 5.82 Å². The van der Waals surface area contributed by atoms with Crippen molar-refractivity contribution in [1.82, 2.24) is 9.97 Å². The summed E-state index contributed by atoms with van der Waals surface area (Å²) in [5.41, 5.74) is 8.63. The average Bonchev–Trinajstić information content (AvgIpc) is 2.55. The van der Waals surface area contributed by atoms with Gasteiger partial charge in [-0.25, -0.2) is 0 Å². The van der Waals surface area contributed by atoms with Gasteiger partial charge in [-0.2, -0.15) is 5.26 Å². The SMILES string of the molecule is Cc1c(-c2ccccn2)[nH]c(N)c1C#N. The van der Waals surface area contributed by atoms with E-state index < -0.39 is 0 Å². The minimum Gasteiger partial charge on any atom is -0.384 e. The van der Waals surface area contributed by atoms with E-state index in [0.717, 1.165) is 17.0 Å². The van der Waals surface area contributed by atoms with Crippen LogP contribution in [0.15, 0.2) is 24.4 Å². The summed E-state index contributed by atoms with van der Waals surface area (Å²) < 4.78 is 0. The highest BCUT2D eigenvalue weighted by Crippen LogP contribution is 2.26. The second-order valence-electron chi connectivity index (χ2n) is 3.24. The first-order valence-corrected chi connectivity index (χ1v) is 4.53. The van der Waals surface area contributed by atoms with E-state index in [-0.39, 0.29) is 0 Å². The van der Waals surface area contributed by atoms with Gasteiger partial charge in [0.05, 0.1) is 17.0 Å². The standard InChI is InChI=1S/C11H10N4/c1-7-8(6-12)11(13)15-10(7)9-4-2-3-5-14-9/h2-5,15H,13H2,1H3. The summed E-state index contributed by atoms with van der Waals surface area (Å²) in [6.45, 7) is 1.86. The molecule has 0 aromatic carbocycles. The van der Waals surface area contributed by atoms with E-state index in [9.17, 15) is 0 Å². The number of nitrogens with zero attached hydrogens (tertiary/aromatic N) is 2. The van der Waals surface area contributed by atoms with Gasteiger partial charge in [-0.3, -0.25) is 4.98 Å². The van der Waals surface area contributed by atoms with E-state index in [1.807, 2.05) is 25.1 Å². The first-order chi connectivity index (χ1) is 7.24. The Kier molecular flexibility index (Phi) is 2.14. The summed E-state index contributed by atoms with van der Waals surface area (Å²) in [6, 6.07) is 7.68. The Morgan fingerprint density at radius 1 is 1.47 bits per heavy atom. The number of aromatic amines is 1. The smallest absolute Gasteiger partial charge is 0.119 e. The molecule has 0 fully saturated rings. The quantitative estimate of drug-likeness (QED) is 0.733. The number of rotatable bonds is 1. The number of nitrogens with two attached hydrogens (primary N) is 1. The average molecular weight is 198 g/mol. The fraction of sp³-hybridized carbons (Fsp3) is 0.0909. The molecule has 0 saturated heterocycles. The van der Waals surface area contributed by atoms with Crippen molar-refractivity contribution < 1.29 is 0 Å². The van der Waals surface area contributed by atoms with E-state index >= 15 is 0 Å². The Morgan fingerprint density at radius 3 is 2.80 bits per heavy atom. The summed E-state index contributed by atoms with van der Waals surface area (Å²) >= 11 is 0. The maximum absolute atomic E-state index is 8.89. The number of anilines is 1.